The van der Waals surface area contributed by atoms with Gasteiger partial charge in [0.2, 0.25) is 5.91 Å². The molecule has 0 radical (unpaired) electrons. The highest BCUT2D eigenvalue weighted by Crippen LogP contribution is 2.15. The van der Waals surface area contributed by atoms with E-state index in [0.29, 0.717) is 12.6 Å². The van der Waals surface area contributed by atoms with E-state index in [1.807, 2.05) is 13.8 Å². The van der Waals surface area contributed by atoms with Crippen LogP contribution in [0.1, 0.15) is 32.3 Å². The first-order chi connectivity index (χ1) is 9.99. The Bertz CT molecular complexity index is 499. The van der Waals surface area contributed by atoms with Gasteiger partial charge in [-0.2, -0.15) is 0 Å². The molecule has 0 spiro atoms. The predicted molar refractivity (Wildman–Crippen MR) is 77.9 cm³/mol. The van der Waals surface area contributed by atoms with Crippen LogP contribution < -0.4 is 5.32 Å². The van der Waals surface area contributed by atoms with Crippen molar-refractivity contribution >= 4 is 5.91 Å². The molecular weight excluding hydrogens is 274 g/mol. The molecule has 0 saturated carbocycles. The molecule has 1 amide bonds. The first kappa shape index (κ1) is 15.9. The largest absolute Gasteiger partial charge is 0.338 e. The van der Waals surface area contributed by atoms with Crippen LogP contribution in [0.3, 0.4) is 0 Å². The van der Waals surface area contributed by atoms with E-state index in [1.165, 1.54) is 12.1 Å². The molecule has 1 atom stereocenters. The zero-order valence-electron chi connectivity index (χ0n) is 12.5. The average Bonchev–Trinajstić information content (AvgIpc) is 2.94. The summed E-state index contributed by atoms with van der Waals surface area (Å²) in [6, 6.07) is 4.29. The molecule has 21 heavy (non-hydrogen) atoms. The van der Waals surface area contributed by atoms with Crippen molar-refractivity contribution in [2.45, 2.75) is 45.2 Å². The molecule has 0 aliphatic carbocycles. The van der Waals surface area contributed by atoms with Crippen molar-refractivity contribution in [1.29, 1.82) is 0 Å². The Morgan fingerprint density at radius 2 is 2.19 bits per heavy atom. The lowest BCUT2D eigenvalue weighted by Crippen LogP contribution is -2.45. The molecule has 1 aromatic rings. The normalized spacial score (nSPS) is 18.2. The smallest absolute Gasteiger partial charge is 0.227 e. The van der Waals surface area contributed by atoms with Gasteiger partial charge >= 0.3 is 0 Å². The fraction of sp³-hybridized carbons (Fsp3) is 0.562. The number of halogens is 2. The molecule has 116 valence electrons. The number of carbonyl (C=O) groups is 1. The molecule has 1 aliphatic heterocycles. The van der Waals surface area contributed by atoms with Crippen molar-refractivity contribution in [3.63, 3.8) is 0 Å². The lowest BCUT2D eigenvalue weighted by Gasteiger charge is -2.29. The molecule has 1 saturated heterocycles. The van der Waals surface area contributed by atoms with Crippen molar-refractivity contribution < 1.29 is 13.6 Å². The third-order valence-corrected chi connectivity index (χ3v) is 3.90. The Morgan fingerprint density at radius 3 is 2.81 bits per heavy atom. The Labute approximate surface area is 124 Å². The van der Waals surface area contributed by atoms with E-state index < -0.39 is 11.6 Å². The SMILES string of the molecule is CC(C)N(CC1CCCN1)C(=O)Cc1cccc(F)c1F. The van der Waals surface area contributed by atoms with Crippen molar-refractivity contribution in [2.75, 3.05) is 13.1 Å². The summed E-state index contributed by atoms with van der Waals surface area (Å²) in [4.78, 5) is 14.2. The molecule has 0 aromatic heterocycles. The Balaban J connectivity index is 2.05. The van der Waals surface area contributed by atoms with Gasteiger partial charge in [0.05, 0.1) is 6.42 Å². The minimum absolute atomic E-state index is 0.0384. The number of nitrogens with zero attached hydrogens (tertiary/aromatic N) is 1. The van der Waals surface area contributed by atoms with Gasteiger partial charge in [0.1, 0.15) is 0 Å². The Hall–Kier alpha value is -1.49. The van der Waals surface area contributed by atoms with E-state index in [-0.39, 0.29) is 23.9 Å². The van der Waals surface area contributed by atoms with E-state index in [4.69, 9.17) is 0 Å². The highest BCUT2D eigenvalue weighted by Gasteiger charge is 2.24. The zero-order valence-corrected chi connectivity index (χ0v) is 12.5. The second-order valence-electron chi connectivity index (χ2n) is 5.82. The molecule has 5 heteroatoms. The summed E-state index contributed by atoms with van der Waals surface area (Å²) >= 11 is 0. The van der Waals surface area contributed by atoms with Crippen molar-refractivity contribution in [3.8, 4) is 0 Å². The highest BCUT2D eigenvalue weighted by atomic mass is 19.2. The third kappa shape index (κ3) is 4.00. The molecule has 1 aromatic carbocycles. The van der Waals surface area contributed by atoms with Gasteiger partial charge in [0, 0.05) is 24.2 Å². The zero-order chi connectivity index (χ0) is 15.4. The summed E-state index contributed by atoms with van der Waals surface area (Å²) < 4.78 is 26.9. The standard InChI is InChI=1S/C16H22F2N2O/c1-11(2)20(10-13-6-4-8-19-13)15(21)9-12-5-3-7-14(17)16(12)18/h3,5,7,11,13,19H,4,6,8-10H2,1-2H3. The molecule has 2 rings (SSSR count). The molecule has 3 nitrogen and oxygen atoms in total. The Morgan fingerprint density at radius 1 is 1.43 bits per heavy atom. The van der Waals surface area contributed by atoms with E-state index in [9.17, 15) is 13.6 Å². The van der Waals surface area contributed by atoms with E-state index in [2.05, 4.69) is 5.32 Å². The number of benzene rings is 1. The maximum Gasteiger partial charge on any atom is 0.227 e. The number of hydrogen-bond donors (Lipinski definition) is 1. The second kappa shape index (κ2) is 6.98. The van der Waals surface area contributed by atoms with E-state index in [0.717, 1.165) is 25.5 Å². The van der Waals surface area contributed by atoms with Crippen LogP contribution in [-0.4, -0.2) is 36.0 Å². The quantitative estimate of drug-likeness (QED) is 0.905. The van der Waals surface area contributed by atoms with Gasteiger partial charge < -0.3 is 10.2 Å². The van der Waals surface area contributed by atoms with E-state index >= 15 is 0 Å². The van der Waals surface area contributed by atoms with Gasteiger partial charge in [-0.05, 0) is 39.3 Å². The summed E-state index contributed by atoms with van der Waals surface area (Å²) in [6.45, 7) is 5.47. The van der Waals surface area contributed by atoms with Crippen LogP contribution in [0.15, 0.2) is 18.2 Å². The molecule has 1 heterocycles. The number of nitrogens with one attached hydrogen (secondary N) is 1. The van der Waals surface area contributed by atoms with Gasteiger partial charge in [-0.1, -0.05) is 12.1 Å². The summed E-state index contributed by atoms with van der Waals surface area (Å²) in [7, 11) is 0. The maximum absolute atomic E-state index is 13.7. The number of hydrogen-bond acceptors (Lipinski definition) is 2. The monoisotopic (exact) mass is 296 g/mol. The van der Waals surface area contributed by atoms with Gasteiger partial charge in [-0.15, -0.1) is 0 Å². The molecule has 0 bridgehead atoms. The first-order valence-corrected chi connectivity index (χ1v) is 7.44. The van der Waals surface area contributed by atoms with Crippen LogP contribution in [0.5, 0.6) is 0 Å². The lowest BCUT2D eigenvalue weighted by atomic mass is 10.1. The summed E-state index contributed by atoms with van der Waals surface area (Å²) in [6.07, 6.45) is 2.06. The van der Waals surface area contributed by atoms with Crippen LogP contribution in [0, 0.1) is 11.6 Å². The molecule has 1 N–H and O–H groups in total. The van der Waals surface area contributed by atoms with E-state index in [1.54, 1.807) is 4.90 Å². The lowest BCUT2D eigenvalue weighted by molar-refractivity contribution is -0.132. The summed E-state index contributed by atoms with van der Waals surface area (Å²) in [5.74, 6) is -1.99. The van der Waals surface area contributed by atoms with Gasteiger partial charge in [-0.3, -0.25) is 4.79 Å². The Kier molecular flexibility index (Phi) is 5.28. The number of amides is 1. The number of carbonyl (C=O) groups excluding carboxylic acids is 1. The fourth-order valence-electron chi connectivity index (χ4n) is 2.70. The molecular formula is C16H22F2N2O. The van der Waals surface area contributed by atoms with Gasteiger partial charge in [0.25, 0.3) is 0 Å². The van der Waals surface area contributed by atoms with Gasteiger partial charge in [-0.25, -0.2) is 8.78 Å². The maximum atomic E-state index is 13.7. The van der Waals surface area contributed by atoms with Crippen molar-refractivity contribution in [2.24, 2.45) is 0 Å². The van der Waals surface area contributed by atoms with Crippen LogP contribution in [0.4, 0.5) is 8.78 Å². The topological polar surface area (TPSA) is 32.3 Å². The van der Waals surface area contributed by atoms with Crippen LogP contribution >= 0.6 is 0 Å². The minimum atomic E-state index is -0.923. The van der Waals surface area contributed by atoms with Crippen LogP contribution in [-0.2, 0) is 11.2 Å². The summed E-state index contributed by atoms with van der Waals surface area (Å²) in [5, 5.41) is 3.35. The second-order valence-corrected chi connectivity index (χ2v) is 5.82. The summed E-state index contributed by atoms with van der Waals surface area (Å²) in [5.41, 5.74) is 0.116. The van der Waals surface area contributed by atoms with Crippen LogP contribution in [0.2, 0.25) is 0 Å². The first-order valence-electron chi connectivity index (χ1n) is 7.44. The van der Waals surface area contributed by atoms with Crippen LogP contribution in [0.25, 0.3) is 0 Å². The predicted octanol–water partition coefficient (Wildman–Crippen LogP) is 2.50. The minimum Gasteiger partial charge on any atom is -0.338 e. The highest BCUT2D eigenvalue weighted by molar-refractivity contribution is 5.79. The van der Waals surface area contributed by atoms with Crippen molar-refractivity contribution in [1.82, 2.24) is 10.2 Å². The van der Waals surface area contributed by atoms with Gasteiger partial charge in [0.15, 0.2) is 11.6 Å². The molecule has 1 fully saturated rings. The molecule has 1 unspecified atom stereocenters. The molecule has 1 aliphatic rings. The average molecular weight is 296 g/mol. The van der Waals surface area contributed by atoms with Crippen molar-refractivity contribution in [3.05, 3.63) is 35.4 Å². The fourth-order valence-corrected chi connectivity index (χ4v) is 2.70. The number of rotatable bonds is 5. The third-order valence-electron chi connectivity index (χ3n) is 3.90.